The van der Waals surface area contributed by atoms with Crippen molar-refractivity contribution in [3.63, 3.8) is 0 Å². The summed E-state index contributed by atoms with van der Waals surface area (Å²) < 4.78 is 11.8. The van der Waals surface area contributed by atoms with Crippen LogP contribution in [0.5, 0.6) is 0 Å². The second-order valence-corrected chi connectivity index (χ2v) is 10.2. The topological polar surface area (TPSA) is 67.9 Å². The number of nitrogens with zero attached hydrogens (tertiary/aromatic N) is 1. The Morgan fingerprint density at radius 3 is 2.18 bits per heavy atom. The summed E-state index contributed by atoms with van der Waals surface area (Å²) in [6.45, 7) is 4.48. The zero-order valence-corrected chi connectivity index (χ0v) is 17.1. The highest BCUT2D eigenvalue weighted by atomic mass is 16.7. The number of amides is 2. The number of ether oxygens (including phenoxy) is 2. The van der Waals surface area contributed by atoms with Gasteiger partial charge in [-0.25, -0.2) is 0 Å². The molecule has 4 aliphatic carbocycles. The van der Waals surface area contributed by atoms with Crippen LogP contribution in [-0.2, 0) is 19.1 Å². The van der Waals surface area contributed by atoms with Crippen LogP contribution in [0.4, 0.5) is 0 Å². The molecule has 156 valence electrons. The summed E-state index contributed by atoms with van der Waals surface area (Å²) in [5.74, 6) is 2.18. The summed E-state index contributed by atoms with van der Waals surface area (Å²) in [5, 5.41) is 3.13. The minimum Gasteiger partial charge on any atom is -0.355 e. The predicted octanol–water partition coefficient (Wildman–Crippen LogP) is 2.46. The average molecular weight is 391 g/mol. The van der Waals surface area contributed by atoms with E-state index in [1.807, 2.05) is 11.8 Å². The lowest BCUT2D eigenvalue weighted by Crippen LogP contribution is -2.54. The first kappa shape index (κ1) is 18.9. The fraction of sp³-hybridized carbons (Fsp3) is 0.909. The molecule has 1 atom stereocenters. The fourth-order valence-corrected chi connectivity index (χ4v) is 7.08. The second kappa shape index (κ2) is 6.98. The van der Waals surface area contributed by atoms with Crippen LogP contribution in [0.3, 0.4) is 0 Å². The molecule has 1 spiro atoms. The van der Waals surface area contributed by atoms with Gasteiger partial charge in [-0.15, -0.1) is 0 Å². The average Bonchev–Trinajstić information content (AvgIpc) is 3.01. The van der Waals surface area contributed by atoms with Crippen molar-refractivity contribution in [2.45, 2.75) is 76.6 Å². The molecule has 4 saturated carbocycles. The van der Waals surface area contributed by atoms with Gasteiger partial charge >= 0.3 is 0 Å². The molecule has 2 amide bonds. The maximum atomic E-state index is 13.0. The van der Waals surface area contributed by atoms with Gasteiger partial charge in [0, 0.05) is 44.3 Å². The minimum atomic E-state index is -0.469. The van der Waals surface area contributed by atoms with Gasteiger partial charge in [-0.1, -0.05) is 0 Å². The molecular formula is C22H34N2O4. The molecule has 0 radical (unpaired) electrons. The fourth-order valence-electron chi connectivity index (χ4n) is 7.08. The van der Waals surface area contributed by atoms with Crippen LogP contribution in [0.2, 0.25) is 0 Å². The maximum absolute atomic E-state index is 13.0. The SMILES string of the molecule is CC1COC2(CCN(C(=O)CCNC(=O)C34CC5CC(CC(C5)C3)C4)CC2)O1. The van der Waals surface area contributed by atoms with Crippen molar-refractivity contribution in [2.24, 2.45) is 23.2 Å². The first-order valence-electron chi connectivity index (χ1n) is 11.3. The number of rotatable bonds is 4. The summed E-state index contributed by atoms with van der Waals surface area (Å²) in [7, 11) is 0. The molecule has 6 rings (SSSR count). The number of hydrogen-bond donors (Lipinski definition) is 1. The van der Waals surface area contributed by atoms with Crippen LogP contribution < -0.4 is 5.32 Å². The van der Waals surface area contributed by atoms with Crippen LogP contribution in [0, 0.1) is 23.2 Å². The highest BCUT2D eigenvalue weighted by molar-refractivity contribution is 5.84. The second-order valence-electron chi connectivity index (χ2n) is 10.2. The Hall–Kier alpha value is -1.14. The highest BCUT2D eigenvalue weighted by Crippen LogP contribution is 2.60. The summed E-state index contributed by atoms with van der Waals surface area (Å²) >= 11 is 0. The molecule has 6 aliphatic rings. The lowest BCUT2D eigenvalue weighted by Gasteiger charge is -2.55. The molecule has 1 N–H and O–H groups in total. The quantitative estimate of drug-likeness (QED) is 0.801. The van der Waals surface area contributed by atoms with E-state index in [4.69, 9.17) is 9.47 Å². The van der Waals surface area contributed by atoms with Gasteiger partial charge in [0.25, 0.3) is 0 Å². The zero-order chi connectivity index (χ0) is 19.4. The van der Waals surface area contributed by atoms with Crippen LogP contribution in [0.15, 0.2) is 0 Å². The van der Waals surface area contributed by atoms with Crippen LogP contribution >= 0.6 is 0 Å². The number of hydrogen-bond acceptors (Lipinski definition) is 4. The van der Waals surface area contributed by atoms with Crippen LogP contribution in [-0.4, -0.2) is 54.8 Å². The molecule has 0 aromatic rings. The molecule has 2 saturated heterocycles. The minimum absolute atomic E-state index is 0.122. The molecule has 2 aliphatic heterocycles. The molecule has 6 nitrogen and oxygen atoms in total. The Kier molecular flexibility index (Phi) is 4.70. The van der Waals surface area contributed by atoms with Crippen molar-refractivity contribution in [1.82, 2.24) is 10.2 Å². The summed E-state index contributed by atoms with van der Waals surface area (Å²) in [5.41, 5.74) is -0.122. The van der Waals surface area contributed by atoms with E-state index >= 15 is 0 Å². The smallest absolute Gasteiger partial charge is 0.226 e. The summed E-state index contributed by atoms with van der Waals surface area (Å²) in [6, 6.07) is 0. The van der Waals surface area contributed by atoms with E-state index in [0.29, 0.717) is 32.7 Å². The third-order valence-corrected chi connectivity index (χ3v) is 8.02. The van der Waals surface area contributed by atoms with E-state index < -0.39 is 5.79 Å². The molecule has 2 heterocycles. The summed E-state index contributed by atoms with van der Waals surface area (Å²) in [6.07, 6.45) is 9.26. The van der Waals surface area contributed by atoms with Crippen molar-refractivity contribution in [1.29, 1.82) is 0 Å². The Balaban J connectivity index is 1.08. The Morgan fingerprint density at radius 1 is 1.04 bits per heavy atom. The number of carbonyl (C=O) groups excluding carboxylic acids is 2. The normalized spacial score (nSPS) is 40.8. The first-order chi connectivity index (χ1) is 13.5. The molecule has 4 bridgehead atoms. The van der Waals surface area contributed by atoms with Crippen molar-refractivity contribution >= 4 is 11.8 Å². The number of piperidine rings is 1. The van der Waals surface area contributed by atoms with E-state index in [-0.39, 0.29) is 23.3 Å². The monoisotopic (exact) mass is 390 g/mol. The van der Waals surface area contributed by atoms with Gasteiger partial charge in [0.15, 0.2) is 5.79 Å². The van der Waals surface area contributed by atoms with E-state index in [0.717, 1.165) is 49.9 Å². The zero-order valence-electron chi connectivity index (χ0n) is 17.1. The standard InChI is InChI=1S/C22H34N2O4/c1-15-14-27-22(28-15)3-6-24(7-4-22)19(25)2-5-23-20(26)21-11-16-8-17(12-21)10-18(9-16)13-21/h15-18H,2-14H2,1H3,(H,23,26). The summed E-state index contributed by atoms with van der Waals surface area (Å²) in [4.78, 5) is 27.5. The van der Waals surface area contributed by atoms with E-state index in [2.05, 4.69) is 5.32 Å². The molecule has 28 heavy (non-hydrogen) atoms. The van der Waals surface area contributed by atoms with Crippen molar-refractivity contribution in [3.05, 3.63) is 0 Å². The van der Waals surface area contributed by atoms with E-state index in [9.17, 15) is 9.59 Å². The highest BCUT2D eigenvalue weighted by Gasteiger charge is 2.54. The number of nitrogens with one attached hydrogen (secondary N) is 1. The van der Waals surface area contributed by atoms with Crippen LogP contribution in [0.1, 0.15) is 64.7 Å². The molecule has 1 unspecified atom stereocenters. The largest absolute Gasteiger partial charge is 0.355 e. The van der Waals surface area contributed by atoms with Gasteiger partial charge in [-0.2, -0.15) is 0 Å². The molecule has 0 aromatic heterocycles. The lowest BCUT2D eigenvalue weighted by atomic mass is 9.49. The van der Waals surface area contributed by atoms with E-state index in [1.54, 1.807) is 0 Å². The molecule has 6 fully saturated rings. The van der Waals surface area contributed by atoms with Gasteiger partial charge in [-0.3, -0.25) is 9.59 Å². The Labute approximate surface area is 167 Å². The van der Waals surface area contributed by atoms with Crippen molar-refractivity contribution < 1.29 is 19.1 Å². The van der Waals surface area contributed by atoms with Gasteiger partial charge in [0.1, 0.15) is 0 Å². The Bertz CT molecular complexity index is 605. The third-order valence-electron chi connectivity index (χ3n) is 8.02. The number of likely N-dealkylation sites (tertiary alicyclic amines) is 1. The van der Waals surface area contributed by atoms with Crippen LogP contribution in [0.25, 0.3) is 0 Å². The van der Waals surface area contributed by atoms with Gasteiger partial charge in [-0.05, 0) is 63.2 Å². The lowest BCUT2D eigenvalue weighted by molar-refractivity contribution is -0.194. The van der Waals surface area contributed by atoms with Gasteiger partial charge in [0.05, 0.1) is 12.7 Å². The van der Waals surface area contributed by atoms with Gasteiger partial charge < -0.3 is 19.7 Å². The van der Waals surface area contributed by atoms with Crippen molar-refractivity contribution in [2.75, 3.05) is 26.2 Å². The maximum Gasteiger partial charge on any atom is 0.226 e. The molecular weight excluding hydrogens is 356 g/mol. The third kappa shape index (κ3) is 3.36. The van der Waals surface area contributed by atoms with Gasteiger partial charge in [0.2, 0.25) is 11.8 Å². The Morgan fingerprint density at radius 2 is 1.64 bits per heavy atom. The van der Waals surface area contributed by atoms with E-state index in [1.165, 1.54) is 19.3 Å². The first-order valence-corrected chi connectivity index (χ1v) is 11.3. The molecule has 0 aromatic carbocycles. The predicted molar refractivity (Wildman–Crippen MR) is 103 cm³/mol. The van der Waals surface area contributed by atoms with Crippen molar-refractivity contribution in [3.8, 4) is 0 Å². The molecule has 6 heteroatoms. The number of carbonyl (C=O) groups is 2.